The Balaban J connectivity index is 2.15. The monoisotopic (exact) mass is 326 g/mol. The highest BCUT2D eigenvalue weighted by Gasteiger charge is 2.16. The number of rotatable bonds is 5. The fourth-order valence-corrected chi connectivity index (χ4v) is 3.16. The van der Waals surface area contributed by atoms with Gasteiger partial charge in [0.25, 0.3) is 0 Å². The van der Waals surface area contributed by atoms with E-state index in [9.17, 15) is 8.42 Å². The van der Waals surface area contributed by atoms with Gasteiger partial charge in [-0.25, -0.2) is 8.42 Å². The van der Waals surface area contributed by atoms with E-state index in [-0.39, 0.29) is 23.0 Å². The Morgan fingerprint density at radius 1 is 1.38 bits per heavy atom. The van der Waals surface area contributed by atoms with Gasteiger partial charge < -0.3 is 5.73 Å². The standard InChI is InChI=1S/C13H15ClN4O2S/c1-9-12(14)8-17-18(9)6-7-21(19,20)11-4-2-10(3-5-11)13(15)16/h2-5,8H,6-7H2,1H3,(H3,15,16). The summed E-state index contributed by atoms with van der Waals surface area (Å²) < 4.78 is 26.1. The van der Waals surface area contributed by atoms with E-state index in [1.165, 1.54) is 30.5 Å². The van der Waals surface area contributed by atoms with E-state index < -0.39 is 9.84 Å². The second kappa shape index (κ2) is 5.87. The number of aromatic nitrogens is 2. The summed E-state index contributed by atoms with van der Waals surface area (Å²) in [5, 5.41) is 11.8. The van der Waals surface area contributed by atoms with Crippen LogP contribution in [-0.2, 0) is 16.4 Å². The molecule has 0 saturated heterocycles. The molecule has 112 valence electrons. The van der Waals surface area contributed by atoms with E-state index in [1.807, 2.05) is 0 Å². The number of sulfone groups is 1. The molecule has 0 atom stereocenters. The molecule has 0 aliphatic rings. The highest BCUT2D eigenvalue weighted by Crippen LogP contribution is 2.16. The SMILES string of the molecule is Cc1c(Cl)cnn1CCS(=O)(=O)c1ccc(C(=N)N)cc1. The highest BCUT2D eigenvalue weighted by atomic mass is 35.5. The third kappa shape index (κ3) is 3.43. The zero-order valence-electron chi connectivity index (χ0n) is 11.4. The molecule has 1 heterocycles. The topological polar surface area (TPSA) is 102 Å². The van der Waals surface area contributed by atoms with E-state index in [0.29, 0.717) is 10.6 Å². The van der Waals surface area contributed by atoms with Crippen LogP contribution in [0.1, 0.15) is 11.3 Å². The first-order valence-electron chi connectivity index (χ1n) is 6.16. The molecule has 0 aliphatic carbocycles. The molecule has 0 bridgehead atoms. The quantitative estimate of drug-likeness (QED) is 0.643. The smallest absolute Gasteiger partial charge is 0.180 e. The molecule has 0 spiro atoms. The van der Waals surface area contributed by atoms with Crippen LogP contribution in [0.5, 0.6) is 0 Å². The first kappa shape index (κ1) is 15.5. The van der Waals surface area contributed by atoms with Gasteiger partial charge in [0.2, 0.25) is 0 Å². The second-order valence-electron chi connectivity index (χ2n) is 4.56. The Bertz CT molecular complexity index is 766. The van der Waals surface area contributed by atoms with E-state index in [0.717, 1.165) is 5.69 Å². The number of benzene rings is 1. The summed E-state index contributed by atoms with van der Waals surface area (Å²) in [5.74, 6) is -0.175. The second-order valence-corrected chi connectivity index (χ2v) is 7.07. The number of nitrogens with zero attached hydrogens (tertiary/aromatic N) is 2. The molecule has 6 nitrogen and oxygen atoms in total. The summed E-state index contributed by atoms with van der Waals surface area (Å²) in [6.45, 7) is 2.01. The van der Waals surface area contributed by atoms with Crippen LogP contribution in [0.2, 0.25) is 5.02 Å². The summed E-state index contributed by atoms with van der Waals surface area (Å²) in [6, 6.07) is 5.94. The first-order valence-corrected chi connectivity index (χ1v) is 8.19. The van der Waals surface area contributed by atoms with Crippen molar-refractivity contribution in [3.8, 4) is 0 Å². The molecule has 0 saturated carbocycles. The predicted molar refractivity (Wildman–Crippen MR) is 81.5 cm³/mol. The lowest BCUT2D eigenvalue weighted by Crippen LogP contribution is -2.15. The van der Waals surface area contributed by atoms with E-state index in [2.05, 4.69) is 5.10 Å². The van der Waals surface area contributed by atoms with Crippen molar-refractivity contribution >= 4 is 27.3 Å². The Hall–Kier alpha value is -1.86. The van der Waals surface area contributed by atoms with Gasteiger partial charge >= 0.3 is 0 Å². The molecule has 3 N–H and O–H groups in total. The van der Waals surface area contributed by atoms with Crippen LogP contribution in [0.3, 0.4) is 0 Å². The van der Waals surface area contributed by atoms with Crippen LogP contribution in [0.4, 0.5) is 0 Å². The lowest BCUT2D eigenvalue weighted by molar-refractivity contribution is 0.577. The average Bonchev–Trinajstić information content (AvgIpc) is 2.77. The number of hydrogen-bond acceptors (Lipinski definition) is 4. The first-order chi connectivity index (χ1) is 9.81. The summed E-state index contributed by atoms with van der Waals surface area (Å²) >= 11 is 5.88. The van der Waals surface area contributed by atoms with Crippen LogP contribution < -0.4 is 5.73 Å². The number of nitrogens with one attached hydrogen (secondary N) is 1. The van der Waals surface area contributed by atoms with Gasteiger partial charge in [-0.3, -0.25) is 10.1 Å². The molecule has 1 aromatic carbocycles. The summed E-state index contributed by atoms with van der Waals surface area (Å²) in [6.07, 6.45) is 1.49. The van der Waals surface area contributed by atoms with Gasteiger partial charge in [-0.2, -0.15) is 5.10 Å². The fraction of sp³-hybridized carbons (Fsp3) is 0.231. The maximum absolute atomic E-state index is 12.2. The van der Waals surface area contributed by atoms with Crippen molar-refractivity contribution in [2.45, 2.75) is 18.4 Å². The summed E-state index contributed by atoms with van der Waals surface area (Å²) in [4.78, 5) is 0.198. The lowest BCUT2D eigenvalue weighted by Gasteiger charge is -2.07. The maximum atomic E-state index is 12.2. The molecule has 0 unspecified atom stereocenters. The zero-order chi connectivity index (χ0) is 15.6. The number of nitrogen functional groups attached to an aromatic ring is 1. The van der Waals surface area contributed by atoms with E-state index >= 15 is 0 Å². The number of halogens is 1. The molecular formula is C13H15ClN4O2S. The third-order valence-electron chi connectivity index (χ3n) is 3.14. The Morgan fingerprint density at radius 3 is 2.48 bits per heavy atom. The van der Waals surface area contributed by atoms with Crippen molar-refractivity contribution < 1.29 is 8.42 Å². The molecule has 8 heteroatoms. The number of hydrogen-bond donors (Lipinski definition) is 2. The minimum atomic E-state index is -3.42. The average molecular weight is 327 g/mol. The molecule has 2 rings (SSSR count). The van der Waals surface area contributed by atoms with Gasteiger partial charge in [-0.15, -0.1) is 0 Å². The normalized spacial score (nSPS) is 11.5. The highest BCUT2D eigenvalue weighted by molar-refractivity contribution is 7.91. The molecule has 0 amide bonds. The molecule has 2 aromatic rings. The van der Waals surface area contributed by atoms with Crippen molar-refractivity contribution in [3.05, 3.63) is 46.7 Å². The summed E-state index contributed by atoms with van der Waals surface area (Å²) in [7, 11) is -3.42. The molecule has 21 heavy (non-hydrogen) atoms. The minimum absolute atomic E-state index is 0.0781. The molecule has 0 radical (unpaired) electrons. The molecular weight excluding hydrogens is 312 g/mol. The van der Waals surface area contributed by atoms with E-state index in [4.69, 9.17) is 22.7 Å². The predicted octanol–water partition coefficient (Wildman–Crippen LogP) is 1.60. The number of amidine groups is 1. The Morgan fingerprint density at radius 2 is 2.00 bits per heavy atom. The molecule has 0 fully saturated rings. The van der Waals surface area contributed by atoms with Crippen molar-refractivity contribution in [1.29, 1.82) is 5.41 Å². The van der Waals surface area contributed by atoms with Crippen molar-refractivity contribution in [2.24, 2.45) is 5.73 Å². The van der Waals surface area contributed by atoms with Gasteiger partial charge in [0, 0.05) is 5.56 Å². The van der Waals surface area contributed by atoms with Gasteiger partial charge in [-0.1, -0.05) is 23.7 Å². The van der Waals surface area contributed by atoms with E-state index in [1.54, 1.807) is 11.6 Å². The van der Waals surface area contributed by atoms with Gasteiger partial charge in [-0.05, 0) is 19.1 Å². The van der Waals surface area contributed by atoms with Crippen LogP contribution in [-0.4, -0.2) is 29.8 Å². The maximum Gasteiger partial charge on any atom is 0.180 e. The Labute approximate surface area is 128 Å². The van der Waals surface area contributed by atoms with Crippen molar-refractivity contribution in [1.82, 2.24) is 9.78 Å². The van der Waals surface area contributed by atoms with Crippen LogP contribution in [0, 0.1) is 12.3 Å². The number of aryl methyl sites for hydroxylation is 1. The third-order valence-corrected chi connectivity index (χ3v) is 5.22. The van der Waals surface area contributed by atoms with Gasteiger partial charge in [0.1, 0.15) is 5.84 Å². The number of nitrogens with two attached hydrogens (primary N) is 1. The Kier molecular flexibility index (Phi) is 4.34. The van der Waals surface area contributed by atoms with Crippen molar-refractivity contribution in [2.75, 3.05) is 5.75 Å². The largest absolute Gasteiger partial charge is 0.384 e. The fourth-order valence-electron chi connectivity index (χ4n) is 1.82. The van der Waals surface area contributed by atoms with Crippen LogP contribution >= 0.6 is 11.6 Å². The minimum Gasteiger partial charge on any atom is -0.384 e. The van der Waals surface area contributed by atoms with Crippen LogP contribution in [0.25, 0.3) is 0 Å². The summed E-state index contributed by atoms with van der Waals surface area (Å²) in [5.41, 5.74) is 6.56. The van der Waals surface area contributed by atoms with Crippen molar-refractivity contribution in [3.63, 3.8) is 0 Å². The van der Waals surface area contributed by atoms with Crippen LogP contribution in [0.15, 0.2) is 35.4 Å². The van der Waals surface area contributed by atoms with Gasteiger partial charge in [0.15, 0.2) is 9.84 Å². The molecule has 0 aliphatic heterocycles. The van der Waals surface area contributed by atoms with Gasteiger partial charge in [0.05, 0.1) is 34.1 Å². The molecule has 1 aromatic heterocycles. The zero-order valence-corrected chi connectivity index (χ0v) is 12.9. The lowest BCUT2D eigenvalue weighted by atomic mass is 10.2.